The lowest BCUT2D eigenvalue weighted by Gasteiger charge is -2.24. The van der Waals surface area contributed by atoms with Crippen molar-refractivity contribution in [3.63, 3.8) is 0 Å². The van der Waals surface area contributed by atoms with E-state index in [0.29, 0.717) is 12.8 Å². The number of nitrogens with one attached hydrogen (secondary N) is 2. The van der Waals surface area contributed by atoms with E-state index in [1.807, 2.05) is 18.7 Å². The summed E-state index contributed by atoms with van der Waals surface area (Å²) < 4.78 is 27.0. The first-order valence-electron chi connectivity index (χ1n) is 7.15. The molecule has 0 saturated carbocycles. The third kappa shape index (κ3) is 5.41. The first kappa shape index (κ1) is 19.2. The highest BCUT2D eigenvalue weighted by Crippen LogP contribution is 2.21. The highest BCUT2D eigenvalue weighted by molar-refractivity contribution is 7.99. The normalized spacial score (nSPS) is 19.1. The Kier molecular flexibility index (Phi) is 8.14. The van der Waals surface area contributed by atoms with Crippen molar-refractivity contribution in [1.82, 2.24) is 10.6 Å². The quantitative estimate of drug-likeness (QED) is 0.857. The van der Waals surface area contributed by atoms with Gasteiger partial charge in [0.15, 0.2) is 0 Å². The van der Waals surface area contributed by atoms with Gasteiger partial charge in [-0.15, -0.1) is 12.4 Å². The zero-order valence-corrected chi connectivity index (χ0v) is 14.0. The number of hydrogen-bond donors (Lipinski definition) is 2. The second-order valence-electron chi connectivity index (χ2n) is 5.12. The van der Waals surface area contributed by atoms with Crippen LogP contribution in [0.4, 0.5) is 8.78 Å². The smallest absolute Gasteiger partial charge is 0.222 e. The Balaban J connectivity index is 0.00000242. The van der Waals surface area contributed by atoms with E-state index in [4.69, 9.17) is 0 Å². The predicted molar refractivity (Wildman–Crippen MR) is 88.5 cm³/mol. The molecule has 1 heterocycles. The van der Waals surface area contributed by atoms with Crippen molar-refractivity contribution >= 4 is 30.1 Å². The Labute approximate surface area is 140 Å². The van der Waals surface area contributed by atoms with Crippen LogP contribution in [0, 0.1) is 11.6 Å². The monoisotopic (exact) mass is 350 g/mol. The zero-order chi connectivity index (χ0) is 15.2. The molecular weight excluding hydrogens is 330 g/mol. The highest BCUT2D eigenvalue weighted by Gasteiger charge is 2.21. The molecule has 22 heavy (non-hydrogen) atoms. The first-order valence-corrected chi connectivity index (χ1v) is 8.31. The van der Waals surface area contributed by atoms with Gasteiger partial charge in [-0.25, -0.2) is 8.78 Å². The van der Waals surface area contributed by atoms with E-state index in [-0.39, 0.29) is 29.9 Å². The number of rotatable bonds is 5. The largest absolute Gasteiger partial charge is 0.349 e. The average molecular weight is 351 g/mol. The molecule has 2 rings (SSSR count). The van der Waals surface area contributed by atoms with Crippen molar-refractivity contribution in [1.29, 1.82) is 0 Å². The summed E-state index contributed by atoms with van der Waals surface area (Å²) >= 11 is 1.82. The van der Waals surface area contributed by atoms with Gasteiger partial charge in [0, 0.05) is 36.1 Å². The van der Waals surface area contributed by atoms with E-state index in [9.17, 15) is 13.6 Å². The summed E-state index contributed by atoms with van der Waals surface area (Å²) in [5, 5.41) is 6.09. The van der Waals surface area contributed by atoms with Gasteiger partial charge in [0.05, 0.1) is 6.04 Å². The van der Waals surface area contributed by atoms with Gasteiger partial charge in [0.1, 0.15) is 11.6 Å². The second kappa shape index (κ2) is 9.33. The van der Waals surface area contributed by atoms with Crippen LogP contribution in [0.5, 0.6) is 0 Å². The lowest BCUT2D eigenvalue weighted by molar-refractivity contribution is -0.122. The van der Waals surface area contributed by atoms with Gasteiger partial charge in [-0.2, -0.15) is 11.8 Å². The Morgan fingerprint density at radius 2 is 2.27 bits per heavy atom. The van der Waals surface area contributed by atoms with Crippen LogP contribution in [0.2, 0.25) is 0 Å². The predicted octanol–water partition coefficient (Wildman–Crippen LogP) is 3.05. The van der Waals surface area contributed by atoms with E-state index in [1.54, 1.807) is 0 Å². The molecular formula is C15H21ClF2N2OS. The molecule has 1 saturated heterocycles. The molecule has 0 aromatic heterocycles. The summed E-state index contributed by atoms with van der Waals surface area (Å²) in [6.07, 6.45) is 0.874. The standard InChI is InChI=1S/C15H20F2N2OS.ClH/c1-2-14(12-7-10(16)3-4-13(12)17)19-15(20)8-11-9-21-6-5-18-11;/h3-4,7,11,14,18H,2,5-6,8-9H2,1H3,(H,19,20);1H. The molecule has 1 fully saturated rings. The average Bonchev–Trinajstić information content (AvgIpc) is 2.48. The van der Waals surface area contributed by atoms with Crippen molar-refractivity contribution in [2.75, 3.05) is 18.1 Å². The second-order valence-corrected chi connectivity index (χ2v) is 6.27. The van der Waals surface area contributed by atoms with Crippen molar-refractivity contribution in [2.45, 2.75) is 31.8 Å². The molecule has 0 bridgehead atoms. The van der Waals surface area contributed by atoms with E-state index in [2.05, 4.69) is 10.6 Å². The molecule has 1 aromatic carbocycles. The first-order chi connectivity index (χ1) is 10.1. The third-order valence-electron chi connectivity index (χ3n) is 3.51. The van der Waals surface area contributed by atoms with Crippen LogP contribution in [-0.2, 0) is 4.79 Å². The summed E-state index contributed by atoms with van der Waals surface area (Å²) in [6, 6.07) is 2.98. The molecule has 2 N–H and O–H groups in total. The van der Waals surface area contributed by atoms with Crippen LogP contribution >= 0.6 is 24.2 Å². The van der Waals surface area contributed by atoms with Gasteiger partial charge in [-0.05, 0) is 24.6 Å². The summed E-state index contributed by atoms with van der Waals surface area (Å²) in [4.78, 5) is 12.1. The molecule has 1 aliphatic rings. The number of thioether (sulfide) groups is 1. The summed E-state index contributed by atoms with van der Waals surface area (Å²) in [5.41, 5.74) is 0.205. The van der Waals surface area contributed by atoms with Gasteiger partial charge >= 0.3 is 0 Å². The fourth-order valence-electron chi connectivity index (χ4n) is 2.41. The summed E-state index contributed by atoms with van der Waals surface area (Å²) in [7, 11) is 0. The minimum atomic E-state index is -0.496. The third-order valence-corrected chi connectivity index (χ3v) is 4.64. The number of amides is 1. The number of benzene rings is 1. The van der Waals surface area contributed by atoms with Gasteiger partial charge in [0.2, 0.25) is 5.91 Å². The number of carbonyl (C=O) groups is 1. The van der Waals surface area contributed by atoms with Crippen molar-refractivity contribution in [2.24, 2.45) is 0 Å². The maximum atomic E-state index is 13.8. The van der Waals surface area contributed by atoms with E-state index < -0.39 is 17.7 Å². The molecule has 1 aliphatic heterocycles. The summed E-state index contributed by atoms with van der Waals surface area (Å²) in [6.45, 7) is 2.74. The lowest BCUT2D eigenvalue weighted by Crippen LogP contribution is -2.42. The molecule has 124 valence electrons. The topological polar surface area (TPSA) is 41.1 Å². The van der Waals surface area contributed by atoms with Crippen LogP contribution in [0.25, 0.3) is 0 Å². The maximum Gasteiger partial charge on any atom is 0.222 e. The minimum absolute atomic E-state index is 0. The van der Waals surface area contributed by atoms with Crippen LogP contribution in [0.3, 0.4) is 0 Å². The molecule has 2 unspecified atom stereocenters. The maximum absolute atomic E-state index is 13.8. The SMILES string of the molecule is CCC(NC(=O)CC1CSCCN1)c1cc(F)ccc1F.Cl. The van der Waals surface area contributed by atoms with Crippen LogP contribution in [-0.4, -0.2) is 30.0 Å². The van der Waals surface area contributed by atoms with Crippen LogP contribution in [0.15, 0.2) is 18.2 Å². The van der Waals surface area contributed by atoms with Gasteiger partial charge in [-0.3, -0.25) is 4.79 Å². The molecule has 7 heteroatoms. The minimum Gasteiger partial charge on any atom is -0.349 e. The fraction of sp³-hybridized carbons (Fsp3) is 0.533. The Hall–Kier alpha value is -0.850. The Bertz CT molecular complexity index is 498. The van der Waals surface area contributed by atoms with E-state index >= 15 is 0 Å². The molecule has 0 spiro atoms. The molecule has 1 amide bonds. The van der Waals surface area contributed by atoms with Crippen molar-refractivity contribution in [3.05, 3.63) is 35.4 Å². The number of carbonyl (C=O) groups excluding carboxylic acids is 1. The van der Waals surface area contributed by atoms with Crippen molar-refractivity contribution < 1.29 is 13.6 Å². The number of halogens is 3. The van der Waals surface area contributed by atoms with Gasteiger partial charge in [-0.1, -0.05) is 6.92 Å². The van der Waals surface area contributed by atoms with Crippen LogP contribution in [0.1, 0.15) is 31.4 Å². The van der Waals surface area contributed by atoms with E-state index in [0.717, 1.165) is 36.2 Å². The molecule has 1 aromatic rings. The van der Waals surface area contributed by atoms with E-state index in [1.165, 1.54) is 0 Å². The molecule has 0 radical (unpaired) electrons. The molecule has 0 aliphatic carbocycles. The fourth-order valence-corrected chi connectivity index (χ4v) is 3.36. The summed E-state index contributed by atoms with van der Waals surface area (Å²) in [5.74, 6) is 0.841. The molecule has 2 atom stereocenters. The zero-order valence-electron chi connectivity index (χ0n) is 12.4. The van der Waals surface area contributed by atoms with Gasteiger partial charge < -0.3 is 10.6 Å². The van der Waals surface area contributed by atoms with Crippen molar-refractivity contribution in [3.8, 4) is 0 Å². The Morgan fingerprint density at radius 1 is 1.50 bits per heavy atom. The Morgan fingerprint density at radius 3 is 2.91 bits per heavy atom. The van der Waals surface area contributed by atoms with Gasteiger partial charge in [0.25, 0.3) is 0 Å². The highest BCUT2D eigenvalue weighted by atomic mass is 35.5. The lowest BCUT2D eigenvalue weighted by atomic mass is 10.0. The molecule has 3 nitrogen and oxygen atoms in total. The van der Waals surface area contributed by atoms with Crippen LogP contribution < -0.4 is 10.6 Å². The number of hydrogen-bond acceptors (Lipinski definition) is 3.